The van der Waals surface area contributed by atoms with E-state index in [1.807, 2.05) is 32.1 Å². The topological polar surface area (TPSA) is 59.0 Å². The number of methoxy groups -OCH3 is 1. The Bertz CT molecular complexity index is 405. The molecule has 22 heavy (non-hydrogen) atoms. The van der Waals surface area contributed by atoms with Crippen molar-refractivity contribution in [1.82, 2.24) is 4.90 Å². The standard InChI is InChI=1S/C17H29NO4/c1-13-11-14(2)17(20)16(21-4)7-5-8-18(15(3)19)9-6-10-22-12-13/h5,7,11,14,16-17,20H,6,8-10,12H2,1-4H3/b7-5+,13-11-/t14-,16+,17+/m1/s1. The number of nitrogens with zero attached hydrogens (tertiary/aromatic N) is 1. The van der Waals surface area contributed by atoms with Gasteiger partial charge >= 0.3 is 0 Å². The van der Waals surface area contributed by atoms with Crippen LogP contribution in [0.15, 0.2) is 23.8 Å². The van der Waals surface area contributed by atoms with Crippen LogP contribution in [-0.4, -0.2) is 61.5 Å². The predicted molar refractivity (Wildman–Crippen MR) is 86.6 cm³/mol. The van der Waals surface area contributed by atoms with Gasteiger partial charge in [0.2, 0.25) is 5.91 Å². The van der Waals surface area contributed by atoms with Crippen molar-refractivity contribution in [2.75, 3.05) is 33.4 Å². The second kappa shape index (κ2) is 9.77. The molecule has 0 bridgehead atoms. The van der Waals surface area contributed by atoms with Crippen LogP contribution in [0.1, 0.15) is 27.2 Å². The molecule has 1 N–H and O–H groups in total. The summed E-state index contributed by atoms with van der Waals surface area (Å²) in [4.78, 5) is 13.4. The van der Waals surface area contributed by atoms with Gasteiger partial charge in [0.25, 0.3) is 0 Å². The third-order valence-electron chi connectivity index (χ3n) is 3.84. The molecule has 0 unspecified atom stereocenters. The molecule has 0 aromatic carbocycles. The molecule has 0 spiro atoms. The van der Waals surface area contributed by atoms with Gasteiger partial charge in [0.15, 0.2) is 0 Å². The van der Waals surface area contributed by atoms with Crippen LogP contribution in [-0.2, 0) is 14.3 Å². The van der Waals surface area contributed by atoms with Crippen LogP contribution in [0.4, 0.5) is 0 Å². The lowest BCUT2D eigenvalue weighted by molar-refractivity contribution is -0.128. The summed E-state index contributed by atoms with van der Waals surface area (Å²) >= 11 is 0. The summed E-state index contributed by atoms with van der Waals surface area (Å²) in [5.74, 6) is 0.000699. The first-order chi connectivity index (χ1) is 10.5. The summed E-state index contributed by atoms with van der Waals surface area (Å²) in [5.41, 5.74) is 1.09. The highest BCUT2D eigenvalue weighted by atomic mass is 16.5. The van der Waals surface area contributed by atoms with E-state index in [1.54, 1.807) is 18.9 Å². The van der Waals surface area contributed by atoms with Crippen molar-refractivity contribution >= 4 is 5.91 Å². The molecule has 126 valence electrons. The van der Waals surface area contributed by atoms with Crippen molar-refractivity contribution in [3.05, 3.63) is 23.8 Å². The van der Waals surface area contributed by atoms with E-state index < -0.39 is 12.2 Å². The Morgan fingerprint density at radius 2 is 2.23 bits per heavy atom. The molecule has 5 heteroatoms. The van der Waals surface area contributed by atoms with Crippen molar-refractivity contribution in [3.63, 3.8) is 0 Å². The maximum Gasteiger partial charge on any atom is 0.219 e. The number of rotatable bonds is 1. The second-order valence-electron chi connectivity index (χ2n) is 5.86. The summed E-state index contributed by atoms with van der Waals surface area (Å²) in [6.45, 7) is 7.87. The van der Waals surface area contributed by atoms with Gasteiger partial charge in [-0.15, -0.1) is 0 Å². The number of hydrogen-bond donors (Lipinski definition) is 1. The molecule has 0 saturated heterocycles. The molecule has 1 aliphatic heterocycles. The lowest BCUT2D eigenvalue weighted by Gasteiger charge is -2.24. The molecule has 1 rings (SSSR count). The Balaban J connectivity index is 2.86. The highest BCUT2D eigenvalue weighted by molar-refractivity contribution is 5.73. The fourth-order valence-corrected chi connectivity index (χ4v) is 2.52. The summed E-state index contributed by atoms with van der Waals surface area (Å²) < 4.78 is 11.0. The predicted octanol–water partition coefficient (Wildman–Crippen LogP) is 1.77. The Morgan fingerprint density at radius 1 is 1.50 bits per heavy atom. The zero-order chi connectivity index (χ0) is 16.5. The van der Waals surface area contributed by atoms with Crippen LogP contribution in [0, 0.1) is 5.92 Å². The maximum absolute atomic E-state index is 11.6. The molecule has 0 aromatic heterocycles. The quantitative estimate of drug-likeness (QED) is 0.750. The van der Waals surface area contributed by atoms with E-state index in [4.69, 9.17) is 9.47 Å². The number of aliphatic hydroxyl groups excluding tert-OH is 1. The molecule has 0 aromatic rings. The number of ether oxygens (including phenoxy) is 2. The molecule has 3 atom stereocenters. The molecule has 1 heterocycles. The van der Waals surface area contributed by atoms with Crippen molar-refractivity contribution in [2.24, 2.45) is 5.92 Å². The van der Waals surface area contributed by atoms with Gasteiger partial charge in [-0.25, -0.2) is 0 Å². The molecule has 0 fully saturated rings. The van der Waals surface area contributed by atoms with E-state index in [2.05, 4.69) is 0 Å². The van der Waals surface area contributed by atoms with E-state index in [1.165, 1.54) is 0 Å². The summed E-state index contributed by atoms with van der Waals surface area (Å²) in [6, 6.07) is 0. The molecule has 5 nitrogen and oxygen atoms in total. The van der Waals surface area contributed by atoms with Gasteiger partial charge < -0.3 is 19.5 Å². The van der Waals surface area contributed by atoms with Crippen molar-refractivity contribution in [3.8, 4) is 0 Å². The SMILES string of the molecule is CO[C@H]1/C=C/CN(C(C)=O)CCCOC/C(C)=C\[C@@H](C)[C@@H]1O. The molecular weight excluding hydrogens is 282 g/mol. The zero-order valence-electron chi connectivity index (χ0n) is 14.1. The Kier molecular flexibility index (Phi) is 8.38. The number of carbonyl (C=O) groups excluding carboxylic acids is 1. The van der Waals surface area contributed by atoms with Crippen LogP contribution in [0.3, 0.4) is 0 Å². The van der Waals surface area contributed by atoms with Gasteiger partial charge in [-0.05, 0) is 13.3 Å². The van der Waals surface area contributed by atoms with E-state index in [0.29, 0.717) is 26.3 Å². The number of aliphatic hydroxyl groups is 1. The van der Waals surface area contributed by atoms with Gasteiger partial charge in [-0.3, -0.25) is 4.79 Å². The lowest BCUT2D eigenvalue weighted by Crippen LogP contribution is -2.33. The maximum atomic E-state index is 11.6. The molecular formula is C17H29NO4. The third-order valence-corrected chi connectivity index (χ3v) is 3.84. The zero-order valence-corrected chi connectivity index (χ0v) is 14.1. The van der Waals surface area contributed by atoms with Gasteiger partial charge in [-0.2, -0.15) is 0 Å². The van der Waals surface area contributed by atoms with E-state index in [9.17, 15) is 9.90 Å². The first-order valence-corrected chi connectivity index (χ1v) is 7.83. The minimum Gasteiger partial charge on any atom is -0.389 e. The average molecular weight is 311 g/mol. The monoisotopic (exact) mass is 311 g/mol. The fraction of sp³-hybridized carbons (Fsp3) is 0.706. The lowest BCUT2D eigenvalue weighted by atomic mass is 9.97. The van der Waals surface area contributed by atoms with Gasteiger partial charge in [-0.1, -0.05) is 30.7 Å². The summed E-state index contributed by atoms with van der Waals surface area (Å²) in [6.07, 6.45) is 5.53. The van der Waals surface area contributed by atoms with Crippen LogP contribution >= 0.6 is 0 Å². The van der Waals surface area contributed by atoms with Gasteiger partial charge in [0.1, 0.15) is 6.10 Å². The van der Waals surface area contributed by atoms with Crippen molar-refractivity contribution in [1.29, 1.82) is 0 Å². The molecule has 0 saturated carbocycles. The number of hydrogen-bond acceptors (Lipinski definition) is 4. The molecule has 0 aliphatic carbocycles. The Hall–Kier alpha value is -1.17. The number of carbonyl (C=O) groups is 1. The third kappa shape index (κ3) is 6.30. The van der Waals surface area contributed by atoms with E-state index >= 15 is 0 Å². The van der Waals surface area contributed by atoms with Crippen LogP contribution in [0.2, 0.25) is 0 Å². The normalized spacial score (nSPS) is 32.7. The smallest absolute Gasteiger partial charge is 0.219 e. The van der Waals surface area contributed by atoms with Crippen LogP contribution in [0.5, 0.6) is 0 Å². The van der Waals surface area contributed by atoms with Crippen molar-refractivity contribution < 1.29 is 19.4 Å². The summed E-state index contributed by atoms with van der Waals surface area (Å²) in [5, 5.41) is 10.4. The second-order valence-corrected chi connectivity index (χ2v) is 5.86. The minimum atomic E-state index is -0.634. The fourth-order valence-electron chi connectivity index (χ4n) is 2.52. The van der Waals surface area contributed by atoms with Gasteiger partial charge in [0.05, 0.1) is 12.7 Å². The van der Waals surface area contributed by atoms with E-state index in [0.717, 1.165) is 12.0 Å². The van der Waals surface area contributed by atoms with Crippen LogP contribution < -0.4 is 0 Å². The largest absolute Gasteiger partial charge is 0.389 e. The van der Waals surface area contributed by atoms with Crippen molar-refractivity contribution in [2.45, 2.75) is 39.4 Å². The van der Waals surface area contributed by atoms with Crippen LogP contribution in [0.25, 0.3) is 0 Å². The first kappa shape index (κ1) is 18.9. The highest BCUT2D eigenvalue weighted by Crippen LogP contribution is 2.15. The van der Waals surface area contributed by atoms with Gasteiger partial charge in [0, 0.05) is 39.6 Å². The minimum absolute atomic E-state index is 0.0370. The molecule has 1 amide bonds. The average Bonchev–Trinajstić information content (AvgIpc) is 2.47. The number of amides is 1. The Morgan fingerprint density at radius 3 is 2.86 bits per heavy atom. The molecule has 0 radical (unpaired) electrons. The Labute approximate surface area is 133 Å². The first-order valence-electron chi connectivity index (χ1n) is 7.83. The van der Waals surface area contributed by atoms with E-state index in [-0.39, 0.29) is 11.8 Å². The highest BCUT2D eigenvalue weighted by Gasteiger charge is 2.21. The molecule has 1 aliphatic rings. The summed E-state index contributed by atoms with van der Waals surface area (Å²) in [7, 11) is 1.58.